The van der Waals surface area contributed by atoms with Crippen molar-refractivity contribution in [1.82, 2.24) is 19.8 Å². The monoisotopic (exact) mass is 413 g/mol. The number of ether oxygens (including phenoxy) is 1. The van der Waals surface area contributed by atoms with E-state index in [9.17, 15) is 4.39 Å². The Morgan fingerprint density at radius 2 is 1.71 bits per heavy atom. The van der Waals surface area contributed by atoms with Crippen molar-refractivity contribution in [3.63, 3.8) is 0 Å². The first-order valence-corrected chi connectivity index (χ1v) is 9.94. The van der Waals surface area contributed by atoms with Gasteiger partial charge >= 0.3 is 0 Å². The van der Waals surface area contributed by atoms with Crippen LogP contribution in [0.1, 0.15) is 18.5 Å². The smallest absolute Gasteiger partial charge is 0.186 e. The molecule has 0 saturated heterocycles. The average molecular weight is 413 g/mol. The Morgan fingerprint density at radius 3 is 2.45 bits per heavy atom. The van der Waals surface area contributed by atoms with E-state index < -0.39 is 0 Å². The molecule has 7 heteroatoms. The van der Waals surface area contributed by atoms with Crippen LogP contribution in [0.15, 0.2) is 72.8 Å². The van der Waals surface area contributed by atoms with Gasteiger partial charge in [-0.15, -0.1) is 5.10 Å². The Hall–Kier alpha value is -4.00. The number of halogens is 1. The molecule has 1 atom stereocenters. The number of rotatable bonds is 5. The molecule has 31 heavy (non-hydrogen) atoms. The molecule has 5 aromatic rings. The zero-order valence-electron chi connectivity index (χ0n) is 17.1. The summed E-state index contributed by atoms with van der Waals surface area (Å²) in [7, 11) is 1.65. The molecule has 0 amide bonds. The fourth-order valence-corrected chi connectivity index (χ4v) is 3.65. The average Bonchev–Trinajstić information content (AvgIpc) is 3.24. The van der Waals surface area contributed by atoms with Crippen molar-refractivity contribution in [3.8, 4) is 17.0 Å². The summed E-state index contributed by atoms with van der Waals surface area (Å²) in [4.78, 5) is 4.87. The van der Waals surface area contributed by atoms with E-state index in [1.165, 1.54) is 12.1 Å². The summed E-state index contributed by atoms with van der Waals surface area (Å²) < 4.78 is 20.4. The lowest BCUT2D eigenvalue weighted by Gasteiger charge is -2.17. The van der Waals surface area contributed by atoms with Crippen molar-refractivity contribution in [2.75, 3.05) is 12.4 Å². The molecule has 1 N–H and O–H groups in total. The van der Waals surface area contributed by atoms with Crippen LogP contribution in [0.5, 0.6) is 5.75 Å². The normalized spacial score (nSPS) is 12.2. The van der Waals surface area contributed by atoms with Crippen molar-refractivity contribution in [3.05, 3.63) is 84.2 Å². The van der Waals surface area contributed by atoms with Crippen molar-refractivity contribution in [2.24, 2.45) is 0 Å². The number of para-hydroxylation sites is 1. The Morgan fingerprint density at radius 1 is 0.968 bits per heavy atom. The number of hydrogen-bond donors (Lipinski definition) is 1. The molecule has 2 aromatic heterocycles. The number of nitrogens with zero attached hydrogens (tertiary/aromatic N) is 4. The van der Waals surface area contributed by atoms with Gasteiger partial charge in [0.25, 0.3) is 0 Å². The molecule has 154 valence electrons. The van der Waals surface area contributed by atoms with E-state index in [0.29, 0.717) is 11.3 Å². The van der Waals surface area contributed by atoms with Gasteiger partial charge in [-0.1, -0.05) is 29.5 Å². The van der Waals surface area contributed by atoms with E-state index in [-0.39, 0.29) is 11.9 Å². The van der Waals surface area contributed by atoms with E-state index >= 15 is 0 Å². The molecule has 0 aliphatic heterocycles. The third-order valence-corrected chi connectivity index (χ3v) is 5.34. The maximum atomic E-state index is 13.4. The highest BCUT2D eigenvalue weighted by atomic mass is 19.1. The zero-order valence-corrected chi connectivity index (χ0v) is 17.1. The molecular weight excluding hydrogens is 393 g/mol. The second-order valence-electron chi connectivity index (χ2n) is 7.30. The van der Waals surface area contributed by atoms with Gasteiger partial charge in [0.1, 0.15) is 23.1 Å². The molecule has 2 heterocycles. The summed E-state index contributed by atoms with van der Waals surface area (Å²) >= 11 is 0. The predicted molar refractivity (Wildman–Crippen MR) is 119 cm³/mol. The Labute approximate surface area is 178 Å². The number of aromatic nitrogens is 4. The fraction of sp³-hybridized carbons (Fsp3) is 0.125. The third-order valence-electron chi connectivity index (χ3n) is 5.34. The van der Waals surface area contributed by atoms with Crippen LogP contribution in [0.25, 0.3) is 27.8 Å². The molecule has 0 unspecified atom stereocenters. The SMILES string of the molecule is COc1ccc([C@@H](C)Nc2nc3c(-c4ccc(F)cc4)nnn3c3ccccc23)cc1. The number of fused-ring (bicyclic) bond motifs is 3. The van der Waals surface area contributed by atoms with Gasteiger partial charge in [0, 0.05) is 17.0 Å². The van der Waals surface area contributed by atoms with Gasteiger partial charge in [-0.05, 0) is 61.0 Å². The lowest BCUT2D eigenvalue weighted by atomic mass is 10.1. The first-order chi connectivity index (χ1) is 15.1. The molecule has 3 aromatic carbocycles. The van der Waals surface area contributed by atoms with Crippen molar-refractivity contribution >= 4 is 22.4 Å². The molecule has 0 spiro atoms. The molecule has 6 nitrogen and oxygen atoms in total. The van der Waals surface area contributed by atoms with E-state index in [4.69, 9.17) is 9.72 Å². The quantitative estimate of drug-likeness (QED) is 0.425. The van der Waals surface area contributed by atoms with Crippen LogP contribution in [0.2, 0.25) is 0 Å². The highest BCUT2D eigenvalue weighted by Crippen LogP contribution is 2.30. The highest BCUT2D eigenvalue weighted by molar-refractivity contribution is 5.93. The molecule has 5 rings (SSSR count). The summed E-state index contributed by atoms with van der Waals surface area (Å²) in [6.07, 6.45) is 0. The highest BCUT2D eigenvalue weighted by Gasteiger charge is 2.17. The minimum atomic E-state index is -0.297. The number of hydrogen-bond acceptors (Lipinski definition) is 5. The summed E-state index contributed by atoms with van der Waals surface area (Å²) in [6.45, 7) is 2.08. The molecule has 0 aliphatic carbocycles. The van der Waals surface area contributed by atoms with Gasteiger partial charge in [0.15, 0.2) is 5.65 Å². The first-order valence-electron chi connectivity index (χ1n) is 9.94. The van der Waals surface area contributed by atoms with Gasteiger partial charge in [0.2, 0.25) is 0 Å². The molecule has 0 bridgehead atoms. The van der Waals surface area contributed by atoms with Gasteiger partial charge in [-0.2, -0.15) is 4.52 Å². The lowest BCUT2D eigenvalue weighted by Crippen LogP contribution is -2.09. The maximum Gasteiger partial charge on any atom is 0.186 e. The van der Waals surface area contributed by atoms with Gasteiger partial charge < -0.3 is 10.1 Å². The minimum absolute atomic E-state index is 0.00872. The Kier molecular flexibility index (Phi) is 4.71. The van der Waals surface area contributed by atoms with Crippen LogP contribution in [0, 0.1) is 5.82 Å². The van der Waals surface area contributed by atoms with Crippen LogP contribution in [0.4, 0.5) is 10.2 Å². The van der Waals surface area contributed by atoms with Crippen molar-refractivity contribution < 1.29 is 9.13 Å². The molecule has 0 fully saturated rings. The molecule has 0 aliphatic rings. The summed E-state index contributed by atoms with van der Waals surface area (Å²) in [6, 6.07) is 22.0. The van der Waals surface area contributed by atoms with Crippen LogP contribution in [-0.4, -0.2) is 26.9 Å². The largest absolute Gasteiger partial charge is 0.497 e. The lowest BCUT2D eigenvalue weighted by molar-refractivity contribution is 0.414. The summed E-state index contributed by atoms with van der Waals surface area (Å²) in [5.41, 5.74) is 3.96. The number of benzene rings is 3. The molecule has 0 radical (unpaired) electrons. The van der Waals surface area contributed by atoms with Crippen molar-refractivity contribution in [1.29, 1.82) is 0 Å². The second-order valence-corrected chi connectivity index (χ2v) is 7.30. The zero-order chi connectivity index (χ0) is 21.4. The van der Waals surface area contributed by atoms with E-state index in [0.717, 1.165) is 33.6 Å². The Bertz CT molecular complexity index is 1360. The van der Waals surface area contributed by atoms with E-state index in [1.807, 2.05) is 48.5 Å². The molecular formula is C24H20FN5O. The van der Waals surface area contributed by atoms with Crippen LogP contribution < -0.4 is 10.1 Å². The van der Waals surface area contributed by atoms with Crippen LogP contribution >= 0.6 is 0 Å². The second kappa shape index (κ2) is 7.68. The van der Waals surface area contributed by atoms with Crippen LogP contribution in [-0.2, 0) is 0 Å². The topological polar surface area (TPSA) is 64.3 Å². The van der Waals surface area contributed by atoms with Gasteiger partial charge in [-0.25, -0.2) is 9.37 Å². The summed E-state index contributed by atoms with van der Waals surface area (Å²) in [5.74, 6) is 1.25. The first kappa shape index (κ1) is 19.0. The van der Waals surface area contributed by atoms with E-state index in [2.05, 4.69) is 22.6 Å². The standard InChI is InChI=1S/C24H20FN5O/c1-15(16-9-13-19(31-2)14-10-16)26-23-20-5-3-4-6-21(20)30-24(27-23)22(28-29-30)17-7-11-18(25)12-8-17/h3-15H,1-2H3,(H,26,27)/t15-/m1/s1. The summed E-state index contributed by atoms with van der Waals surface area (Å²) in [5, 5.41) is 13.1. The van der Waals surface area contributed by atoms with Gasteiger partial charge in [-0.3, -0.25) is 0 Å². The van der Waals surface area contributed by atoms with Crippen molar-refractivity contribution in [2.45, 2.75) is 13.0 Å². The number of methoxy groups -OCH3 is 1. The third kappa shape index (κ3) is 3.44. The van der Waals surface area contributed by atoms with Crippen LogP contribution in [0.3, 0.4) is 0 Å². The predicted octanol–water partition coefficient (Wildman–Crippen LogP) is 5.27. The fourth-order valence-electron chi connectivity index (χ4n) is 3.65. The Balaban J connectivity index is 1.62. The molecule has 0 saturated carbocycles. The minimum Gasteiger partial charge on any atom is -0.497 e. The number of nitrogens with one attached hydrogen (secondary N) is 1. The van der Waals surface area contributed by atoms with Gasteiger partial charge in [0.05, 0.1) is 12.6 Å². The number of anilines is 1. The maximum absolute atomic E-state index is 13.4. The van der Waals surface area contributed by atoms with E-state index in [1.54, 1.807) is 23.8 Å².